The van der Waals surface area contributed by atoms with Crippen molar-refractivity contribution < 1.29 is 9.53 Å². The number of benzene rings is 1. The fraction of sp³-hybridized carbons (Fsp3) is 0.682. The predicted molar refractivity (Wildman–Crippen MR) is 99.7 cm³/mol. The molecule has 0 heterocycles. The molecule has 4 bridgehead atoms. The van der Waals surface area contributed by atoms with Crippen molar-refractivity contribution in [1.82, 2.24) is 5.32 Å². The third-order valence-corrected chi connectivity index (χ3v) is 6.64. The van der Waals surface area contributed by atoms with Crippen LogP contribution in [0.15, 0.2) is 24.3 Å². The van der Waals surface area contributed by atoms with Crippen LogP contribution in [0.5, 0.6) is 5.75 Å². The first-order chi connectivity index (χ1) is 11.9. The molecule has 3 nitrogen and oxygen atoms in total. The van der Waals surface area contributed by atoms with E-state index in [9.17, 15) is 4.79 Å². The first kappa shape index (κ1) is 16.9. The van der Waals surface area contributed by atoms with E-state index >= 15 is 0 Å². The standard InChI is InChI=1S/C22H31NO2/c1-14(2)19-6-4-5-7-20(19)25-15(3)21(24)23-22-11-16-8-17(12-22)10-18(9-16)13-22/h4-7,14-18H,8-13H2,1-3H3,(H,23,24)/t15-,16?,17?,18?,22?/m0/s1. The number of hydrogen-bond donors (Lipinski definition) is 1. The Bertz CT molecular complexity index is 616. The molecule has 0 aliphatic heterocycles. The van der Waals surface area contributed by atoms with E-state index < -0.39 is 6.10 Å². The normalized spacial score (nSPS) is 34.2. The first-order valence-corrected chi connectivity index (χ1v) is 10.0. The second-order valence-corrected chi connectivity index (χ2v) is 9.14. The summed E-state index contributed by atoms with van der Waals surface area (Å²) in [7, 11) is 0. The molecule has 1 aromatic carbocycles. The summed E-state index contributed by atoms with van der Waals surface area (Å²) in [5.74, 6) is 3.79. The van der Waals surface area contributed by atoms with Gasteiger partial charge in [-0.15, -0.1) is 0 Å². The molecule has 4 aliphatic rings. The number of hydrogen-bond acceptors (Lipinski definition) is 2. The van der Waals surface area contributed by atoms with Crippen LogP contribution in [0.2, 0.25) is 0 Å². The largest absolute Gasteiger partial charge is 0.481 e. The van der Waals surface area contributed by atoms with Gasteiger partial charge in [0.1, 0.15) is 5.75 Å². The lowest BCUT2D eigenvalue weighted by Crippen LogP contribution is -2.61. The molecule has 5 rings (SSSR count). The maximum Gasteiger partial charge on any atom is 0.261 e. The Kier molecular flexibility index (Phi) is 4.29. The molecule has 0 spiro atoms. The highest BCUT2D eigenvalue weighted by Crippen LogP contribution is 2.55. The highest BCUT2D eigenvalue weighted by atomic mass is 16.5. The lowest BCUT2D eigenvalue weighted by atomic mass is 9.53. The maximum absolute atomic E-state index is 12.9. The minimum absolute atomic E-state index is 0.0560. The quantitative estimate of drug-likeness (QED) is 0.846. The zero-order valence-corrected chi connectivity index (χ0v) is 15.8. The average Bonchev–Trinajstić information content (AvgIpc) is 2.53. The smallest absolute Gasteiger partial charge is 0.261 e. The van der Waals surface area contributed by atoms with Crippen molar-refractivity contribution in [1.29, 1.82) is 0 Å². The SMILES string of the molecule is CC(C)c1ccccc1O[C@@H](C)C(=O)NC12CC3CC(CC(C3)C1)C2. The second-order valence-electron chi connectivity index (χ2n) is 9.14. The molecule has 1 aromatic rings. The second kappa shape index (κ2) is 6.34. The topological polar surface area (TPSA) is 38.3 Å². The predicted octanol–water partition coefficient (Wildman–Crippen LogP) is 4.66. The van der Waals surface area contributed by atoms with Crippen LogP contribution >= 0.6 is 0 Å². The van der Waals surface area contributed by atoms with E-state index in [2.05, 4.69) is 25.2 Å². The number of carbonyl (C=O) groups is 1. The number of carbonyl (C=O) groups excluding carboxylic acids is 1. The van der Waals surface area contributed by atoms with Gasteiger partial charge in [-0.05, 0) is 80.8 Å². The lowest BCUT2D eigenvalue weighted by molar-refractivity contribution is -0.133. The molecule has 1 amide bonds. The number of nitrogens with one attached hydrogen (secondary N) is 1. The van der Waals surface area contributed by atoms with Gasteiger partial charge >= 0.3 is 0 Å². The zero-order chi connectivity index (χ0) is 17.6. The van der Waals surface area contributed by atoms with Gasteiger partial charge in [-0.1, -0.05) is 32.0 Å². The molecule has 0 radical (unpaired) electrons. The Balaban J connectivity index is 1.43. The highest BCUT2D eigenvalue weighted by molar-refractivity contribution is 5.81. The van der Waals surface area contributed by atoms with Crippen LogP contribution in [0.3, 0.4) is 0 Å². The molecule has 136 valence electrons. The van der Waals surface area contributed by atoms with Gasteiger partial charge in [0.05, 0.1) is 0 Å². The minimum atomic E-state index is -0.451. The Morgan fingerprint density at radius 2 is 1.60 bits per heavy atom. The zero-order valence-electron chi connectivity index (χ0n) is 15.8. The van der Waals surface area contributed by atoms with Crippen molar-refractivity contribution in [2.75, 3.05) is 0 Å². The molecular weight excluding hydrogens is 310 g/mol. The average molecular weight is 341 g/mol. The van der Waals surface area contributed by atoms with Crippen LogP contribution in [0.25, 0.3) is 0 Å². The Morgan fingerprint density at radius 1 is 1.04 bits per heavy atom. The molecule has 3 heteroatoms. The van der Waals surface area contributed by atoms with E-state index in [4.69, 9.17) is 4.74 Å². The molecule has 1 N–H and O–H groups in total. The molecule has 1 atom stereocenters. The summed E-state index contributed by atoms with van der Waals surface area (Å²) in [6.45, 7) is 6.19. The summed E-state index contributed by atoms with van der Waals surface area (Å²) in [6, 6.07) is 8.07. The van der Waals surface area contributed by atoms with Crippen molar-refractivity contribution >= 4 is 5.91 Å². The Hall–Kier alpha value is -1.51. The van der Waals surface area contributed by atoms with Crippen molar-refractivity contribution in [2.45, 2.75) is 76.9 Å². The minimum Gasteiger partial charge on any atom is -0.481 e. The third kappa shape index (κ3) is 3.30. The van der Waals surface area contributed by atoms with Gasteiger partial charge in [-0.3, -0.25) is 4.79 Å². The van der Waals surface area contributed by atoms with Gasteiger partial charge < -0.3 is 10.1 Å². The third-order valence-electron chi connectivity index (χ3n) is 6.64. The van der Waals surface area contributed by atoms with E-state index in [0.29, 0.717) is 5.92 Å². The van der Waals surface area contributed by atoms with Crippen LogP contribution < -0.4 is 10.1 Å². The summed E-state index contributed by atoms with van der Waals surface area (Å²) in [5.41, 5.74) is 1.22. The van der Waals surface area contributed by atoms with Crippen LogP contribution in [0.1, 0.15) is 70.8 Å². The molecule has 0 aromatic heterocycles. The molecule has 25 heavy (non-hydrogen) atoms. The number of amides is 1. The fourth-order valence-electron chi connectivity index (χ4n) is 5.94. The van der Waals surface area contributed by atoms with E-state index in [-0.39, 0.29) is 11.4 Å². The molecule has 0 unspecified atom stereocenters. The van der Waals surface area contributed by atoms with Crippen molar-refractivity contribution in [3.05, 3.63) is 29.8 Å². The van der Waals surface area contributed by atoms with Gasteiger partial charge in [0.25, 0.3) is 5.91 Å². The lowest BCUT2D eigenvalue weighted by Gasteiger charge is -2.57. The Morgan fingerprint density at radius 3 is 2.16 bits per heavy atom. The fourth-order valence-corrected chi connectivity index (χ4v) is 5.94. The van der Waals surface area contributed by atoms with E-state index in [1.807, 2.05) is 25.1 Å². The van der Waals surface area contributed by atoms with E-state index in [1.165, 1.54) is 38.5 Å². The molecule has 4 saturated carbocycles. The number of rotatable bonds is 5. The van der Waals surface area contributed by atoms with Crippen LogP contribution in [0.4, 0.5) is 0 Å². The first-order valence-electron chi connectivity index (χ1n) is 10.0. The van der Waals surface area contributed by atoms with Gasteiger partial charge in [0, 0.05) is 5.54 Å². The van der Waals surface area contributed by atoms with E-state index in [1.54, 1.807) is 0 Å². The van der Waals surface area contributed by atoms with Crippen molar-refractivity contribution in [3.63, 3.8) is 0 Å². The molecular formula is C22H31NO2. The summed E-state index contributed by atoms with van der Waals surface area (Å²) >= 11 is 0. The summed E-state index contributed by atoms with van der Waals surface area (Å²) < 4.78 is 6.07. The number of ether oxygens (including phenoxy) is 1. The van der Waals surface area contributed by atoms with E-state index in [0.717, 1.165) is 29.1 Å². The maximum atomic E-state index is 12.9. The highest BCUT2D eigenvalue weighted by Gasteiger charge is 2.51. The van der Waals surface area contributed by atoms with Gasteiger partial charge in [-0.25, -0.2) is 0 Å². The summed E-state index contributed by atoms with van der Waals surface area (Å²) in [6.07, 6.45) is 7.27. The summed E-state index contributed by atoms with van der Waals surface area (Å²) in [5, 5.41) is 3.43. The Labute approximate surface area is 151 Å². The monoisotopic (exact) mass is 341 g/mol. The molecule has 4 aliphatic carbocycles. The van der Waals surface area contributed by atoms with Crippen LogP contribution in [-0.2, 0) is 4.79 Å². The van der Waals surface area contributed by atoms with Crippen LogP contribution in [0, 0.1) is 17.8 Å². The van der Waals surface area contributed by atoms with Crippen molar-refractivity contribution in [2.24, 2.45) is 17.8 Å². The van der Waals surface area contributed by atoms with Crippen LogP contribution in [-0.4, -0.2) is 17.6 Å². The molecule has 0 saturated heterocycles. The van der Waals surface area contributed by atoms with Gasteiger partial charge in [0.15, 0.2) is 6.10 Å². The van der Waals surface area contributed by atoms with Crippen molar-refractivity contribution in [3.8, 4) is 5.75 Å². The summed E-state index contributed by atoms with van der Waals surface area (Å²) in [4.78, 5) is 12.9. The van der Waals surface area contributed by atoms with Gasteiger partial charge in [0.2, 0.25) is 0 Å². The number of para-hydroxylation sites is 1. The molecule has 4 fully saturated rings. The van der Waals surface area contributed by atoms with Gasteiger partial charge in [-0.2, -0.15) is 0 Å².